The Morgan fingerprint density at radius 1 is 1.29 bits per heavy atom. The first-order chi connectivity index (χ1) is 8.17. The Hall–Kier alpha value is -2.10. The topological polar surface area (TPSA) is 52.6 Å². The van der Waals surface area contributed by atoms with Gasteiger partial charge in [0.25, 0.3) is 6.29 Å². The van der Waals surface area contributed by atoms with E-state index in [9.17, 15) is 9.59 Å². The van der Waals surface area contributed by atoms with Gasteiger partial charge in [0.2, 0.25) is 0 Å². The first-order valence-electron chi connectivity index (χ1n) is 5.24. The van der Waals surface area contributed by atoms with Crippen LogP contribution in [0.25, 0.3) is 0 Å². The molecule has 90 valence electrons. The fraction of sp³-hybridized carbons (Fsp3) is 0.231. The Balaban J connectivity index is 2.82. The summed E-state index contributed by atoms with van der Waals surface area (Å²) in [6.45, 7) is 4.96. The predicted molar refractivity (Wildman–Crippen MR) is 61.9 cm³/mol. The van der Waals surface area contributed by atoms with Crippen LogP contribution in [0.15, 0.2) is 43.0 Å². The summed E-state index contributed by atoms with van der Waals surface area (Å²) in [4.78, 5) is 22.4. The molecule has 0 aliphatic rings. The number of rotatable bonds is 5. The zero-order chi connectivity index (χ0) is 12.7. The third kappa shape index (κ3) is 4.10. The molecular formula is C13H14O4. The van der Waals surface area contributed by atoms with Crippen LogP contribution < -0.4 is 0 Å². The molecule has 0 amide bonds. The van der Waals surface area contributed by atoms with Gasteiger partial charge < -0.3 is 9.47 Å². The Labute approximate surface area is 99.8 Å². The average molecular weight is 234 g/mol. The molecule has 0 radical (unpaired) electrons. The number of carbonyl (C=O) groups is 2. The molecule has 0 aromatic heterocycles. The minimum Gasteiger partial charge on any atom is -0.421 e. The Bertz CT molecular complexity index is 397. The lowest BCUT2D eigenvalue weighted by molar-refractivity contribution is -0.186. The molecule has 0 aliphatic heterocycles. The molecule has 0 saturated heterocycles. The van der Waals surface area contributed by atoms with Crippen molar-refractivity contribution in [2.24, 2.45) is 0 Å². The number of ether oxygens (including phenoxy) is 2. The van der Waals surface area contributed by atoms with Crippen LogP contribution in [0.5, 0.6) is 0 Å². The minimum atomic E-state index is -1.02. The van der Waals surface area contributed by atoms with E-state index < -0.39 is 18.2 Å². The Morgan fingerprint density at radius 3 is 2.47 bits per heavy atom. The fourth-order valence-corrected chi connectivity index (χ4v) is 1.13. The van der Waals surface area contributed by atoms with Gasteiger partial charge in [-0.1, -0.05) is 43.8 Å². The second kappa shape index (κ2) is 6.48. The number of hydrogen-bond acceptors (Lipinski definition) is 4. The molecular weight excluding hydrogens is 220 g/mol. The SMILES string of the molecule is C=CC(=O)OC(OC(=O)CC)c1ccccc1. The Morgan fingerprint density at radius 2 is 1.94 bits per heavy atom. The van der Waals surface area contributed by atoms with Crippen molar-refractivity contribution in [3.63, 3.8) is 0 Å². The highest BCUT2D eigenvalue weighted by atomic mass is 16.7. The van der Waals surface area contributed by atoms with Gasteiger partial charge in [-0.3, -0.25) is 4.79 Å². The molecule has 0 spiro atoms. The van der Waals surface area contributed by atoms with Gasteiger partial charge in [0.15, 0.2) is 0 Å². The molecule has 1 atom stereocenters. The van der Waals surface area contributed by atoms with Crippen LogP contribution in [0.2, 0.25) is 0 Å². The smallest absolute Gasteiger partial charge is 0.333 e. The number of esters is 2. The second-order valence-electron chi connectivity index (χ2n) is 3.23. The van der Waals surface area contributed by atoms with E-state index in [2.05, 4.69) is 6.58 Å². The van der Waals surface area contributed by atoms with Crippen molar-refractivity contribution in [1.29, 1.82) is 0 Å². The monoisotopic (exact) mass is 234 g/mol. The summed E-state index contributed by atoms with van der Waals surface area (Å²) < 4.78 is 9.99. The van der Waals surface area contributed by atoms with E-state index in [-0.39, 0.29) is 6.42 Å². The zero-order valence-corrected chi connectivity index (χ0v) is 9.59. The second-order valence-corrected chi connectivity index (χ2v) is 3.23. The van der Waals surface area contributed by atoms with E-state index in [1.807, 2.05) is 6.07 Å². The molecule has 0 saturated carbocycles. The molecule has 0 N–H and O–H groups in total. The van der Waals surface area contributed by atoms with E-state index in [0.29, 0.717) is 5.56 Å². The maximum absolute atomic E-state index is 11.2. The third-order valence-corrected chi connectivity index (χ3v) is 1.99. The van der Waals surface area contributed by atoms with Gasteiger partial charge in [0.05, 0.1) is 0 Å². The molecule has 1 unspecified atom stereocenters. The van der Waals surface area contributed by atoms with Crippen molar-refractivity contribution >= 4 is 11.9 Å². The van der Waals surface area contributed by atoms with Crippen molar-refractivity contribution in [2.75, 3.05) is 0 Å². The molecule has 1 aromatic carbocycles. The van der Waals surface area contributed by atoms with E-state index in [4.69, 9.17) is 9.47 Å². The van der Waals surface area contributed by atoms with Gasteiger partial charge in [-0.25, -0.2) is 4.79 Å². The molecule has 0 heterocycles. The normalized spacial score (nSPS) is 11.4. The summed E-state index contributed by atoms with van der Waals surface area (Å²) in [7, 11) is 0. The van der Waals surface area contributed by atoms with Crippen LogP contribution in [-0.2, 0) is 19.1 Å². The van der Waals surface area contributed by atoms with Crippen molar-refractivity contribution in [3.8, 4) is 0 Å². The van der Waals surface area contributed by atoms with Crippen molar-refractivity contribution in [3.05, 3.63) is 48.6 Å². The van der Waals surface area contributed by atoms with Crippen molar-refractivity contribution in [1.82, 2.24) is 0 Å². The van der Waals surface area contributed by atoms with Crippen LogP contribution in [0.3, 0.4) is 0 Å². The quantitative estimate of drug-likeness (QED) is 0.446. The molecule has 4 nitrogen and oxygen atoms in total. The molecule has 0 fully saturated rings. The fourth-order valence-electron chi connectivity index (χ4n) is 1.13. The largest absolute Gasteiger partial charge is 0.421 e. The van der Waals surface area contributed by atoms with Gasteiger partial charge >= 0.3 is 11.9 Å². The van der Waals surface area contributed by atoms with E-state index in [1.54, 1.807) is 31.2 Å². The highest BCUT2D eigenvalue weighted by Crippen LogP contribution is 2.19. The standard InChI is InChI=1S/C13H14O4/c1-3-11(14)16-13(17-12(15)4-2)10-8-6-5-7-9-10/h3,5-9,13H,1,4H2,2H3. The molecule has 4 heteroatoms. The highest BCUT2D eigenvalue weighted by Gasteiger charge is 2.18. The van der Waals surface area contributed by atoms with Crippen molar-refractivity contribution < 1.29 is 19.1 Å². The van der Waals surface area contributed by atoms with E-state index >= 15 is 0 Å². The van der Waals surface area contributed by atoms with Gasteiger partial charge in [0, 0.05) is 18.1 Å². The summed E-state index contributed by atoms with van der Waals surface area (Å²) >= 11 is 0. The van der Waals surface area contributed by atoms with E-state index in [1.165, 1.54) is 0 Å². The lowest BCUT2D eigenvalue weighted by Gasteiger charge is -2.17. The molecule has 1 rings (SSSR count). The number of carbonyl (C=O) groups excluding carboxylic acids is 2. The summed E-state index contributed by atoms with van der Waals surface area (Å²) in [6, 6.07) is 8.78. The molecule has 1 aromatic rings. The molecule has 0 aliphatic carbocycles. The maximum Gasteiger partial charge on any atom is 0.333 e. The van der Waals surface area contributed by atoms with Gasteiger partial charge in [0.1, 0.15) is 0 Å². The highest BCUT2D eigenvalue weighted by molar-refractivity contribution is 5.81. The van der Waals surface area contributed by atoms with Crippen LogP contribution >= 0.6 is 0 Å². The summed E-state index contributed by atoms with van der Waals surface area (Å²) in [5.41, 5.74) is 0.601. The Kier molecular flexibility index (Phi) is 4.94. The third-order valence-electron chi connectivity index (χ3n) is 1.99. The number of hydrogen-bond donors (Lipinski definition) is 0. The van der Waals surface area contributed by atoms with Crippen LogP contribution in [0.4, 0.5) is 0 Å². The zero-order valence-electron chi connectivity index (χ0n) is 9.59. The first kappa shape index (κ1) is 13.0. The summed E-state index contributed by atoms with van der Waals surface area (Å²) in [6.07, 6.45) is 0.221. The average Bonchev–Trinajstić information content (AvgIpc) is 2.38. The van der Waals surface area contributed by atoms with Gasteiger partial charge in [-0.2, -0.15) is 0 Å². The summed E-state index contributed by atoms with van der Waals surface area (Å²) in [5, 5.41) is 0. The molecule has 0 bridgehead atoms. The summed E-state index contributed by atoms with van der Waals surface area (Å²) in [5.74, 6) is -1.07. The van der Waals surface area contributed by atoms with Crippen LogP contribution in [-0.4, -0.2) is 11.9 Å². The maximum atomic E-state index is 11.2. The number of benzene rings is 1. The minimum absolute atomic E-state index is 0.217. The lowest BCUT2D eigenvalue weighted by Crippen LogP contribution is -2.16. The van der Waals surface area contributed by atoms with Gasteiger partial charge in [-0.15, -0.1) is 0 Å². The lowest BCUT2D eigenvalue weighted by atomic mass is 10.2. The predicted octanol–water partition coefficient (Wildman–Crippen LogP) is 2.37. The van der Waals surface area contributed by atoms with E-state index in [0.717, 1.165) is 6.08 Å². The van der Waals surface area contributed by atoms with Crippen LogP contribution in [0, 0.1) is 0 Å². The first-order valence-corrected chi connectivity index (χ1v) is 5.24. The molecule has 17 heavy (non-hydrogen) atoms. The van der Waals surface area contributed by atoms with Crippen molar-refractivity contribution in [2.45, 2.75) is 19.6 Å². The van der Waals surface area contributed by atoms with Crippen LogP contribution in [0.1, 0.15) is 25.2 Å². The van der Waals surface area contributed by atoms with Gasteiger partial charge in [-0.05, 0) is 0 Å².